The van der Waals surface area contributed by atoms with Gasteiger partial charge in [-0.15, -0.1) is 0 Å². The number of aryl methyl sites for hydroxylation is 2. The van der Waals surface area contributed by atoms with E-state index in [1.165, 1.54) is 18.2 Å². The van der Waals surface area contributed by atoms with Crippen LogP contribution in [-0.4, -0.2) is 15.6 Å². The van der Waals surface area contributed by atoms with Crippen LogP contribution in [-0.2, 0) is 0 Å². The van der Waals surface area contributed by atoms with E-state index in [1.807, 2.05) is 0 Å². The minimum absolute atomic E-state index is 0.0486. The summed E-state index contributed by atoms with van der Waals surface area (Å²) in [7, 11) is 0. The first-order valence-electron chi connectivity index (χ1n) is 5.65. The molecule has 1 aromatic heterocycles. The molecule has 1 heterocycles. The van der Waals surface area contributed by atoms with Crippen LogP contribution in [0, 0.1) is 19.7 Å². The van der Waals surface area contributed by atoms with Crippen LogP contribution in [0.2, 0.25) is 0 Å². The number of aromatic nitrogens is 1. The molecule has 0 aliphatic carbocycles. The van der Waals surface area contributed by atoms with Gasteiger partial charge in [0, 0.05) is 5.69 Å². The first kappa shape index (κ1) is 13.0. The summed E-state index contributed by atoms with van der Waals surface area (Å²) in [6.45, 7) is 3.18. The molecule has 2 rings (SSSR count). The molecule has 0 bridgehead atoms. The van der Waals surface area contributed by atoms with Gasteiger partial charge < -0.3 is 5.11 Å². The Morgan fingerprint density at radius 3 is 2.47 bits per heavy atom. The topological polar surface area (TPSA) is 59.3 Å². The zero-order valence-electron chi connectivity index (χ0n) is 10.5. The van der Waals surface area contributed by atoms with Crippen molar-refractivity contribution in [2.45, 2.75) is 13.8 Å². The highest BCUT2D eigenvalue weighted by Gasteiger charge is 2.18. The number of pyridine rings is 1. The summed E-state index contributed by atoms with van der Waals surface area (Å²) >= 11 is 0. The molecule has 0 unspecified atom stereocenters. The number of carbonyl (C=O) groups is 1. The number of rotatable bonds is 2. The van der Waals surface area contributed by atoms with E-state index >= 15 is 0 Å². The lowest BCUT2D eigenvalue weighted by molar-refractivity contribution is 0.0693. The number of halogens is 1. The molecule has 0 aliphatic rings. The fourth-order valence-corrected chi connectivity index (χ4v) is 2.08. The highest BCUT2D eigenvalue weighted by molar-refractivity contribution is 5.89. The Hall–Kier alpha value is -2.43. The third kappa shape index (κ3) is 2.14. The minimum atomic E-state index is -1.31. The molecule has 4 nitrogen and oxygen atoms in total. The predicted molar refractivity (Wildman–Crippen MR) is 68.4 cm³/mol. The quantitative estimate of drug-likeness (QED) is 0.902. The van der Waals surface area contributed by atoms with Crippen molar-refractivity contribution in [3.8, 4) is 5.69 Å². The predicted octanol–water partition coefficient (Wildman–Crippen LogP) is 2.29. The van der Waals surface area contributed by atoms with Gasteiger partial charge >= 0.3 is 5.97 Å². The summed E-state index contributed by atoms with van der Waals surface area (Å²) in [5.41, 5.74) is -0.170. The summed E-state index contributed by atoms with van der Waals surface area (Å²) in [6.07, 6.45) is 0. The minimum Gasteiger partial charge on any atom is -0.477 e. The molecule has 0 saturated carbocycles. The van der Waals surface area contributed by atoms with Crippen molar-refractivity contribution in [1.82, 2.24) is 4.57 Å². The molecule has 1 N–H and O–H groups in total. The van der Waals surface area contributed by atoms with Crippen LogP contribution in [0.1, 0.15) is 21.6 Å². The number of aromatic carboxylic acids is 1. The molecule has 2 aromatic rings. The monoisotopic (exact) mass is 261 g/mol. The number of carboxylic acids is 1. The molecule has 0 radical (unpaired) electrons. The Morgan fingerprint density at radius 1 is 1.26 bits per heavy atom. The maximum atomic E-state index is 13.8. The average Bonchev–Trinajstić information content (AvgIpc) is 2.30. The molecule has 1 aromatic carbocycles. The lowest BCUT2D eigenvalue weighted by Crippen LogP contribution is -2.28. The maximum Gasteiger partial charge on any atom is 0.341 e. The normalized spacial score (nSPS) is 10.5. The highest BCUT2D eigenvalue weighted by Crippen LogP contribution is 2.15. The lowest BCUT2D eigenvalue weighted by atomic mass is 10.1. The Bertz CT molecular complexity index is 719. The second-order valence-electron chi connectivity index (χ2n) is 4.24. The molecule has 0 amide bonds. The van der Waals surface area contributed by atoms with Crippen molar-refractivity contribution in [1.29, 1.82) is 0 Å². The Labute approximate surface area is 108 Å². The van der Waals surface area contributed by atoms with Gasteiger partial charge in [0.2, 0.25) is 0 Å². The Morgan fingerprint density at radius 2 is 1.89 bits per heavy atom. The van der Waals surface area contributed by atoms with E-state index in [1.54, 1.807) is 26.0 Å². The van der Waals surface area contributed by atoms with Crippen molar-refractivity contribution < 1.29 is 14.3 Å². The summed E-state index contributed by atoms with van der Waals surface area (Å²) < 4.78 is 14.8. The van der Waals surface area contributed by atoms with Gasteiger partial charge in [-0.1, -0.05) is 12.1 Å². The van der Waals surface area contributed by atoms with Crippen molar-refractivity contribution >= 4 is 5.97 Å². The van der Waals surface area contributed by atoms with Crippen molar-refractivity contribution in [3.05, 3.63) is 63.3 Å². The Balaban J connectivity index is 2.86. The zero-order valence-corrected chi connectivity index (χ0v) is 10.5. The molecular formula is C14H12FNO3. The molecule has 0 aliphatic heterocycles. The molecule has 98 valence electrons. The number of carboxylic acid groups (broad SMARTS) is 1. The summed E-state index contributed by atoms with van der Waals surface area (Å²) in [5, 5.41) is 9.07. The summed E-state index contributed by atoms with van der Waals surface area (Å²) in [6, 6.07) is 7.31. The summed E-state index contributed by atoms with van der Waals surface area (Å²) in [4.78, 5) is 23.3. The van der Waals surface area contributed by atoms with E-state index in [4.69, 9.17) is 5.11 Å². The molecule has 0 atom stereocenters. The number of nitrogens with zero attached hydrogens (tertiary/aromatic N) is 1. The van der Waals surface area contributed by atoms with Crippen LogP contribution in [0.4, 0.5) is 4.39 Å². The van der Waals surface area contributed by atoms with E-state index in [0.29, 0.717) is 11.3 Å². The SMILES string of the molecule is Cc1cc(C)n(-c2ccccc2F)c(=O)c1C(=O)O. The van der Waals surface area contributed by atoms with Gasteiger partial charge in [0.05, 0.1) is 5.69 Å². The Kier molecular flexibility index (Phi) is 3.21. The van der Waals surface area contributed by atoms with Gasteiger partial charge in [-0.25, -0.2) is 9.18 Å². The van der Waals surface area contributed by atoms with E-state index in [9.17, 15) is 14.0 Å². The van der Waals surface area contributed by atoms with Gasteiger partial charge in [-0.2, -0.15) is 0 Å². The molecule has 0 saturated heterocycles. The van der Waals surface area contributed by atoms with E-state index < -0.39 is 17.3 Å². The molecule has 5 heteroatoms. The number of benzene rings is 1. The van der Waals surface area contributed by atoms with Gasteiger partial charge in [0.25, 0.3) is 5.56 Å². The standard InChI is InChI=1S/C14H12FNO3/c1-8-7-9(2)16(13(17)12(8)14(18)19)11-6-4-3-5-10(11)15/h3-7H,1-2H3,(H,18,19). The van der Waals surface area contributed by atoms with Crippen molar-refractivity contribution in [2.75, 3.05) is 0 Å². The van der Waals surface area contributed by atoms with E-state index in [2.05, 4.69) is 0 Å². The van der Waals surface area contributed by atoms with Gasteiger partial charge in [-0.05, 0) is 37.6 Å². The lowest BCUT2D eigenvalue weighted by Gasteiger charge is -2.13. The highest BCUT2D eigenvalue weighted by atomic mass is 19.1. The van der Waals surface area contributed by atoms with Crippen LogP contribution >= 0.6 is 0 Å². The van der Waals surface area contributed by atoms with Crippen LogP contribution < -0.4 is 5.56 Å². The van der Waals surface area contributed by atoms with Crippen LogP contribution in [0.3, 0.4) is 0 Å². The number of hydrogen-bond acceptors (Lipinski definition) is 2. The van der Waals surface area contributed by atoms with E-state index in [0.717, 1.165) is 4.57 Å². The van der Waals surface area contributed by atoms with Crippen LogP contribution in [0.5, 0.6) is 0 Å². The second-order valence-corrected chi connectivity index (χ2v) is 4.24. The van der Waals surface area contributed by atoms with Gasteiger partial charge in [0.1, 0.15) is 11.4 Å². The fraction of sp³-hybridized carbons (Fsp3) is 0.143. The smallest absolute Gasteiger partial charge is 0.341 e. The van der Waals surface area contributed by atoms with Gasteiger partial charge in [0.15, 0.2) is 0 Å². The molecule has 19 heavy (non-hydrogen) atoms. The molecule has 0 spiro atoms. The average molecular weight is 261 g/mol. The first-order valence-corrected chi connectivity index (χ1v) is 5.65. The zero-order chi connectivity index (χ0) is 14.2. The van der Waals surface area contributed by atoms with Crippen molar-refractivity contribution in [3.63, 3.8) is 0 Å². The number of para-hydroxylation sites is 1. The first-order chi connectivity index (χ1) is 8.93. The largest absolute Gasteiger partial charge is 0.477 e. The van der Waals surface area contributed by atoms with Crippen LogP contribution in [0.25, 0.3) is 5.69 Å². The maximum absolute atomic E-state index is 13.8. The van der Waals surface area contributed by atoms with Crippen LogP contribution in [0.15, 0.2) is 35.1 Å². The third-order valence-corrected chi connectivity index (χ3v) is 2.90. The summed E-state index contributed by atoms with van der Waals surface area (Å²) in [5.74, 6) is -1.89. The van der Waals surface area contributed by atoms with E-state index in [-0.39, 0.29) is 11.3 Å². The van der Waals surface area contributed by atoms with Crippen molar-refractivity contribution in [2.24, 2.45) is 0 Å². The third-order valence-electron chi connectivity index (χ3n) is 2.90. The number of hydrogen-bond donors (Lipinski definition) is 1. The molecule has 0 fully saturated rings. The fourth-order valence-electron chi connectivity index (χ4n) is 2.08. The van der Waals surface area contributed by atoms with Gasteiger partial charge in [-0.3, -0.25) is 9.36 Å². The second kappa shape index (κ2) is 4.68. The molecular weight excluding hydrogens is 249 g/mol.